The molecule has 2 aliphatic heterocycles. The fourth-order valence-electron chi connectivity index (χ4n) is 6.75. The third kappa shape index (κ3) is 3.44. The number of β-lactam (4-membered cyclic amide) rings is 1. The monoisotopic (exact) mass is 409 g/mol. The number of nitrogens with zero attached hydrogens (tertiary/aromatic N) is 3. The molecule has 1 aromatic heterocycles. The van der Waals surface area contributed by atoms with Gasteiger partial charge in [0.05, 0.1) is 11.5 Å². The zero-order valence-corrected chi connectivity index (χ0v) is 18.1. The lowest BCUT2D eigenvalue weighted by molar-refractivity contribution is -0.186. The second-order valence-electron chi connectivity index (χ2n) is 10.1. The number of carbonyl (C=O) groups is 2. The van der Waals surface area contributed by atoms with Gasteiger partial charge in [0.1, 0.15) is 0 Å². The van der Waals surface area contributed by atoms with Crippen molar-refractivity contribution in [3.63, 3.8) is 0 Å². The van der Waals surface area contributed by atoms with Gasteiger partial charge in [0, 0.05) is 37.9 Å². The van der Waals surface area contributed by atoms with Crippen molar-refractivity contribution in [2.45, 2.75) is 89.1 Å². The maximum atomic E-state index is 13.5. The molecular formula is C25H35N3O2. The van der Waals surface area contributed by atoms with Crippen molar-refractivity contribution in [2.75, 3.05) is 13.1 Å². The van der Waals surface area contributed by atoms with Crippen molar-refractivity contribution in [3.05, 3.63) is 30.1 Å². The van der Waals surface area contributed by atoms with Gasteiger partial charge in [-0.3, -0.25) is 14.6 Å². The first-order chi connectivity index (χ1) is 14.7. The summed E-state index contributed by atoms with van der Waals surface area (Å²) in [5.41, 5.74) is 1.06. The van der Waals surface area contributed by atoms with Crippen LogP contribution in [0.2, 0.25) is 0 Å². The van der Waals surface area contributed by atoms with Crippen LogP contribution in [0.3, 0.4) is 0 Å². The number of carbonyl (C=O) groups excluding carboxylic acids is 2. The van der Waals surface area contributed by atoms with E-state index in [1.807, 2.05) is 12.4 Å². The number of hydrogen-bond acceptors (Lipinski definition) is 3. The van der Waals surface area contributed by atoms with Crippen LogP contribution in [0.15, 0.2) is 24.5 Å². The summed E-state index contributed by atoms with van der Waals surface area (Å²) in [6.07, 6.45) is 16.9. The van der Waals surface area contributed by atoms with Gasteiger partial charge in [-0.2, -0.15) is 0 Å². The summed E-state index contributed by atoms with van der Waals surface area (Å²) in [5, 5.41) is 0. The summed E-state index contributed by atoms with van der Waals surface area (Å²) in [6, 6.07) is 4.65. The zero-order valence-electron chi connectivity index (χ0n) is 18.1. The van der Waals surface area contributed by atoms with Crippen molar-refractivity contribution >= 4 is 11.8 Å². The molecule has 4 fully saturated rings. The Hall–Kier alpha value is -1.91. The van der Waals surface area contributed by atoms with E-state index in [1.165, 1.54) is 37.7 Å². The Balaban J connectivity index is 1.27. The van der Waals surface area contributed by atoms with E-state index in [4.69, 9.17) is 0 Å². The summed E-state index contributed by atoms with van der Waals surface area (Å²) in [7, 11) is 0. The maximum absolute atomic E-state index is 13.5. The molecule has 2 saturated heterocycles. The smallest absolute Gasteiger partial charge is 0.232 e. The van der Waals surface area contributed by atoms with Gasteiger partial charge in [0.2, 0.25) is 11.8 Å². The molecule has 0 radical (unpaired) electrons. The van der Waals surface area contributed by atoms with Gasteiger partial charge in [-0.1, -0.05) is 32.1 Å². The van der Waals surface area contributed by atoms with Crippen molar-refractivity contribution in [1.29, 1.82) is 0 Å². The molecule has 2 aliphatic carbocycles. The van der Waals surface area contributed by atoms with E-state index in [9.17, 15) is 9.59 Å². The Morgan fingerprint density at radius 1 is 0.967 bits per heavy atom. The van der Waals surface area contributed by atoms with E-state index in [0.29, 0.717) is 17.7 Å². The second kappa shape index (κ2) is 8.32. The predicted molar refractivity (Wildman–Crippen MR) is 116 cm³/mol. The number of aromatic nitrogens is 1. The molecule has 5 heteroatoms. The summed E-state index contributed by atoms with van der Waals surface area (Å²) in [5.74, 6) is 1.32. The molecule has 1 aromatic rings. The summed E-state index contributed by atoms with van der Waals surface area (Å²) in [4.78, 5) is 34.7. The molecule has 30 heavy (non-hydrogen) atoms. The molecule has 0 bridgehead atoms. The number of rotatable bonds is 4. The van der Waals surface area contributed by atoms with Crippen molar-refractivity contribution in [2.24, 2.45) is 11.3 Å². The van der Waals surface area contributed by atoms with Gasteiger partial charge in [0.25, 0.3) is 0 Å². The lowest BCUT2D eigenvalue weighted by atomic mass is 9.59. The highest BCUT2D eigenvalue weighted by molar-refractivity contribution is 5.91. The fourth-order valence-corrected chi connectivity index (χ4v) is 6.75. The largest absolute Gasteiger partial charge is 0.343 e. The Labute approximate surface area is 180 Å². The topological polar surface area (TPSA) is 53.5 Å². The quantitative estimate of drug-likeness (QED) is 0.689. The number of pyridine rings is 1. The van der Waals surface area contributed by atoms with E-state index in [0.717, 1.165) is 58.0 Å². The normalized spacial score (nSPS) is 27.5. The van der Waals surface area contributed by atoms with Crippen LogP contribution >= 0.6 is 0 Å². The molecule has 3 heterocycles. The molecule has 1 unspecified atom stereocenters. The Morgan fingerprint density at radius 2 is 1.63 bits per heavy atom. The van der Waals surface area contributed by atoms with Crippen LogP contribution in [0.1, 0.15) is 88.7 Å². The first-order valence-corrected chi connectivity index (χ1v) is 12.2. The number of likely N-dealkylation sites (tertiary alicyclic amines) is 2. The minimum Gasteiger partial charge on any atom is -0.343 e. The van der Waals surface area contributed by atoms with Gasteiger partial charge in [-0.05, 0) is 62.1 Å². The van der Waals surface area contributed by atoms with E-state index in [2.05, 4.69) is 26.9 Å². The van der Waals surface area contributed by atoms with Gasteiger partial charge in [0.15, 0.2) is 0 Å². The molecule has 1 spiro atoms. The number of amides is 2. The average Bonchev–Trinajstić information content (AvgIpc) is 3.31. The van der Waals surface area contributed by atoms with Crippen LogP contribution in [-0.4, -0.2) is 45.7 Å². The van der Waals surface area contributed by atoms with Gasteiger partial charge in [-0.25, -0.2) is 0 Å². The number of hydrogen-bond donors (Lipinski definition) is 0. The first-order valence-electron chi connectivity index (χ1n) is 12.2. The highest BCUT2D eigenvalue weighted by Crippen LogP contribution is 2.59. The van der Waals surface area contributed by atoms with Crippen LogP contribution in [0.4, 0.5) is 0 Å². The Morgan fingerprint density at radius 3 is 2.30 bits per heavy atom. The molecule has 0 aromatic carbocycles. The maximum Gasteiger partial charge on any atom is 0.232 e. The van der Waals surface area contributed by atoms with Crippen molar-refractivity contribution in [3.8, 4) is 0 Å². The molecule has 162 valence electrons. The SMILES string of the molecule is O=C(CC1CCCC1)N1CCC(N2C(=O)C3(CCCCC3)C2c2ccncc2)CC1. The average molecular weight is 410 g/mol. The lowest BCUT2D eigenvalue weighted by Gasteiger charge is -2.61. The van der Waals surface area contributed by atoms with Gasteiger partial charge >= 0.3 is 0 Å². The Kier molecular flexibility index (Phi) is 5.55. The minimum atomic E-state index is -0.185. The third-order valence-corrected chi connectivity index (χ3v) is 8.38. The van der Waals surface area contributed by atoms with Crippen LogP contribution in [0.5, 0.6) is 0 Å². The summed E-state index contributed by atoms with van der Waals surface area (Å²) < 4.78 is 0. The molecule has 0 N–H and O–H groups in total. The van der Waals surface area contributed by atoms with E-state index in [-0.39, 0.29) is 17.5 Å². The number of piperidine rings is 1. The minimum absolute atomic E-state index is 0.185. The summed E-state index contributed by atoms with van der Waals surface area (Å²) >= 11 is 0. The highest BCUT2D eigenvalue weighted by atomic mass is 16.2. The van der Waals surface area contributed by atoms with E-state index < -0.39 is 0 Å². The molecular weight excluding hydrogens is 374 g/mol. The molecule has 4 aliphatic rings. The van der Waals surface area contributed by atoms with Crippen LogP contribution in [0.25, 0.3) is 0 Å². The Bertz CT molecular complexity index is 760. The summed E-state index contributed by atoms with van der Waals surface area (Å²) in [6.45, 7) is 1.60. The van der Waals surface area contributed by atoms with Gasteiger partial charge < -0.3 is 9.80 Å². The second-order valence-corrected chi connectivity index (χ2v) is 10.1. The fraction of sp³-hybridized carbons (Fsp3) is 0.720. The van der Waals surface area contributed by atoms with E-state index in [1.54, 1.807) is 0 Å². The highest BCUT2D eigenvalue weighted by Gasteiger charge is 2.62. The van der Waals surface area contributed by atoms with E-state index >= 15 is 0 Å². The molecule has 5 rings (SSSR count). The van der Waals surface area contributed by atoms with Crippen molar-refractivity contribution in [1.82, 2.24) is 14.8 Å². The zero-order chi connectivity index (χ0) is 20.6. The first kappa shape index (κ1) is 20.0. The van der Waals surface area contributed by atoms with Crippen molar-refractivity contribution < 1.29 is 9.59 Å². The lowest BCUT2D eigenvalue weighted by Crippen LogP contribution is -2.67. The third-order valence-electron chi connectivity index (χ3n) is 8.38. The van der Waals surface area contributed by atoms with Crippen LogP contribution in [0, 0.1) is 11.3 Å². The molecule has 2 saturated carbocycles. The molecule has 5 nitrogen and oxygen atoms in total. The van der Waals surface area contributed by atoms with Crippen LogP contribution < -0.4 is 0 Å². The predicted octanol–water partition coefficient (Wildman–Crippen LogP) is 4.49. The molecule has 2 amide bonds. The van der Waals surface area contributed by atoms with Gasteiger partial charge in [-0.15, -0.1) is 0 Å². The molecule has 1 atom stereocenters. The standard InChI is InChI=1S/C25H35N3O2/c29-22(18-19-6-2-3-7-19)27-16-10-21(11-17-27)28-23(20-8-14-26-15-9-20)25(24(28)30)12-4-1-5-13-25/h8-9,14-15,19,21,23H,1-7,10-13,16-18H2. The van der Waals surface area contributed by atoms with Crippen LogP contribution in [-0.2, 0) is 9.59 Å².